The second-order valence-corrected chi connectivity index (χ2v) is 8.75. The first kappa shape index (κ1) is 23.5. The molecule has 2 aromatic carbocycles. The summed E-state index contributed by atoms with van der Waals surface area (Å²) in [6.07, 6.45) is 1.47. The van der Waals surface area contributed by atoms with Crippen molar-refractivity contribution in [2.45, 2.75) is 12.6 Å². The van der Waals surface area contributed by atoms with E-state index in [-0.39, 0.29) is 18.6 Å². The van der Waals surface area contributed by atoms with Crippen molar-refractivity contribution in [3.8, 4) is 5.75 Å². The van der Waals surface area contributed by atoms with Crippen LogP contribution in [0.2, 0.25) is 10.0 Å². The van der Waals surface area contributed by atoms with Crippen LogP contribution in [0.25, 0.3) is 10.9 Å². The predicted octanol–water partition coefficient (Wildman–Crippen LogP) is 3.26. The molecule has 2 heterocycles. The lowest BCUT2D eigenvalue weighted by Crippen LogP contribution is -2.57. The molecule has 0 spiro atoms. The summed E-state index contributed by atoms with van der Waals surface area (Å²) in [5, 5.41) is 1.72. The number of carbonyl (C=O) groups excluding carboxylic acids is 1. The average Bonchev–Trinajstić information content (AvgIpc) is 2.79. The van der Waals surface area contributed by atoms with Gasteiger partial charge in [0.15, 0.2) is 6.61 Å². The van der Waals surface area contributed by atoms with E-state index in [0.29, 0.717) is 41.3 Å². The number of rotatable bonds is 7. The standard InChI is InChI=1S/C23H25Cl2N5O3/c1-32-12-17-11-29(10-15-2-4-18-20(8-15)27-14-28-23(18)26)6-7-30(17)22(31)13-33-21-5-3-16(24)9-19(21)25/h2-5,8-9,14,17H,6-7,10-13H2,1H3,(H2,26,27,28)/t17-/m0/s1. The lowest BCUT2D eigenvalue weighted by atomic mass is 10.1. The number of benzene rings is 2. The van der Waals surface area contributed by atoms with Gasteiger partial charge in [0.25, 0.3) is 5.91 Å². The van der Waals surface area contributed by atoms with Crippen molar-refractivity contribution in [2.24, 2.45) is 0 Å². The molecule has 4 rings (SSSR count). The minimum atomic E-state index is -0.111. The summed E-state index contributed by atoms with van der Waals surface area (Å²) in [5.74, 6) is 0.790. The first-order chi connectivity index (χ1) is 15.9. The number of carbonyl (C=O) groups is 1. The number of piperazine rings is 1. The highest BCUT2D eigenvalue weighted by atomic mass is 35.5. The SMILES string of the molecule is COC[C@@H]1CN(Cc2ccc3c(N)ncnc3c2)CCN1C(=O)COc1ccc(Cl)cc1Cl. The number of hydrogen-bond donors (Lipinski definition) is 1. The number of hydrogen-bond acceptors (Lipinski definition) is 7. The summed E-state index contributed by atoms with van der Waals surface area (Å²) in [4.78, 5) is 25.4. The highest BCUT2D eigenvalue weighted by Crippen LogP contribution is 2.27. The molecule has 1 fully saturated rings. The molecule has 2 N–H and O–H groups in total. The number of amides is 1. The summed E-state index contributed by atoms with van der Waals surface area (Å²) >= 11 is 12.1. The maximum atomic E-state index is 12.9. The molecular formula is C23H25Cl2N5O3. The maximum Gasteiger partial charge on any atom is 0.260 e. The van der Waals surface area contributed by atoms with E-state index in [9.17, 15) is 4.79 Å². The number of nitrogens with zero attached hydrogens (tertiary/aromatic N) is 4. The van der Waals surface area contributed by atoms with Gasteiger partial charge >= 0.3 is 0 Å². The second kappa shape index (κ2) is 10.5. The fourth-order valence-corrected chi connectivity index (χ4v) is 4.48. The Morgan fingerprint density at radius 2 is 2.03 bits per heavy atom. The number of nitrogen functional groups attached to an aromatic ring is 1. The van der Waals surface area contributed by atoms with Crippen LogP contribution in [-0.2, 0) is 16.1 Å². The molecule has 1 aromatic heterocycles. The molecule has 1 amide bonds. The third-order valence-corrected chi connectivity index (χ3v) is 6.16. The van der Waals surface area contributed by atoms with Gasteiger partial charge in [0.1, 0.15) is 17.9 Å². The van der Waals surface area contributed by atoms with Gasteiger partial charge in [-0.05, 0) is 35.9 Å². The first-order valence-corrected chi connectivity index (χ1v) is 11.3. The van der Waals surface area contributed by atoms with Crippen LogP contribution < -0.4 is 10.5 Å². The van der Waals surface area contributed by atoms with Crippen LogP contribution in [0.1, 0.15) is 5.56 Å². The van der Waals surface area contributed by atoms with E-state index in [1.807, 2.05) is 23.1 Å². The first-order valence-electron chi connectivity index (χ1n) is 10.5. The summed E-state index contributed by atoms with van der Waals surface area (Å²) in [5.41, 5.74) is 7.87. The van der Waals surface area contributed by atoms with Crippen LogP contribution in [0.15, 0.2) is 42.7 Å². The average molecular weight is 490 g/mol. The number of aromatic nitrogens is 2. The Morgan fingerprint density at radius 1 is 1.18 bits per heavy atom. The van der Waals surface area contributed by atoms with Gasteiger partial charge in [-0.25, -0.2) is 9.97 Å². The topological polar surface area (TPSA) is 93.8 Å². The van der Waals surface area contributed by atoms with Crippen LogP contribution in [0, 0.1) is 0 Å². The Hall–Kier alpha value is -2.65. The van der Waals surface area contributed by atoms with Gasteiger partial charge < -0.3 is 20.1 Å². The van der Waals surface area contributed by atoms with Crippen molar-refractivity contribution in [1.82, 2.24) is 19.8 Å². The Labute approximate surface area is 202 Å². The molecule has 0 radical (unpaired) electrons. The highest BCUT2D eigenvalue weighted by molar-refractivity contribution is 6.35. The minimum absolute atomic E-state index is 0.0843. The smallest absolute Gasteiger partial charge is 0.260 e. The van der Waals surface area contributed by atoms with E-state index in [1.165, 1.54) is 6.33 Å². The quantitative estimate of drug-likeness (QED) is 0.544. The lowest BCUT2D eigenvalue weighted by molar-refractivity contribution is -0.140. The summed E-state index contributed by atoms with van der Waals surface area (Å²) in [6, 6.07) is 10.8. The largest absolute Gasteiger partial charge is 0.482 e. The van der Waals surface area contributed by atoms with Crippen molar-refractivity contribution in [3.63, 3.8) is 0 Å². The molecule has 8 nitrogen and oxygen atoms in total. The highest BCUT2D eigenvalue weighted by Gasteiger charge is 2.30. The van der Waals surface area contributed by atoms with E-state index in [0.717, 1.165) is 29.6 Å². The molecule has 0 bridgehead atoms. The van der Waals surface area contributed by atoms with Crippen LogP contribution >= 0.6 is 23.2 Å². The molecule has 0 aliphatic carbocycles. The Morgan fingerprint density at radius 3 is 2.82 bits per heavy atom. The number of fused-ring (bicyclic) bond motifs is 1. The van der Waals surface area contributed by atoms with Crippen molar-refractivity contribution >= 4 is 45.8 Å². The molecule has 33 heavy (non-hydrogen) atoms. The summed E-state index contributed by atoms with van der Waals surface area (Å²) in [7, 11) is 1.64. The van der Waals surface area contributed by atoms with Gasteiger partial charge in [-0.2, -0.15) is 0 Å². The molecule has 1 saturated heterocycles. The molecule has 10 heteroatoms. The van der Waals surface area contributed by atoms with Crippen LogP contribution in [-0.4, -0.2) is 71.7 Å². The Bertz CT molecular complexity index is 1150. The monoisotopic (exact) mass is 489 g/mol. The fourth-order valence-electron chi connectivity index (χ4n) is 4.02. The van der Waals surface area contributed by atoms with E-state index < -0.39 is 0 Å². The lowest BCUT2D eigenvalue weighted by Gasteiger charge is -2.41. The van der Waals surface area contributed by atoms with Crippen molar-refractivity contribution in [2.75, 3.05) is 45.7 Å². The second-order valence-electron chi connectivity index (χ2n) is 7.91. The Kier molecular flexibility index (Phi) is 7.49. The zero-order valence-electron chi connectivity index (χ0n) is 18.2. The molecule has 1 aliphatic rings. The zero-order chi connectivity index (χ0) is 23.4. The predicted molar refractivity (Wildman–Crippen MR) is 129 cm³/mol. The third kappa shape index (κ3) is 5.65. The minimum Gasteiger partial charge on any atom is -0.482 e. The van der Waals surface area contributed by atoms with E-state index in [4.69, 9.17) is 38.4 Å². The molecule has 174 valence electrons. The fraction of sp³-hybridized carbons (Fsp3) is 0.348. The zero-order valence-corrected chi connectivity index (χ0v) is 19.7. The van der Waals surface area contributed by atoms with Gasteiger partial charge in [-0.15, -0.1) is 0 Å². The third-order valence-electron chi connectivity index (χ3n) is 5.63. The number of nitrogens with two attached hydrogens (primary N) is 1. The summed E-state index contributed by atoms with van der Waals surface area (Å²) in [6.45, 7) is 3.06. The van der Waals surface area contributed by atoms with E-state index in [1.54, 1.807) is 25.3 Å². The van der Waals surface area contributed by atoms with Crippen LogP contribution in [0.4, 0.5) is 5.82 Å². The maximum absolute atomic E-state index is 12.9. The van der Waals surface area contributed by atoms with Gasteiger partial charge in [-0.3, -0.25) is 9.69 Å². The van der Waals surface area contributed by atoms with Crippen LogP contribution in [0.3, 0.4) is 0 Å². The Balaban J connectivity index is 1.39. The molecule has 1 atom stereocenters. The molecule has 3 aromatic rings. The van der Waals surface area contributed by atoms with Crippen molar-refractivity contribution < 1.29 is 14.3 Å². The van der Waals surface area contributed by atoms with Crippen LogP contribution in [0.5, 0.6) is 5.75 Å². The molecule has 1 aliphatic heterocycles. The number of methoxy groups -OCH3 is 1. The molecule has 0 saturated carbocycles. The van der Waals surface area contributed by atoms with Gasteiger partial charge in [-0.1, -0.05) is 29.3 Å². The van der Waals surface area contributed by atoms with Gasteiger partial charge in [0.05, 0.1) is 23.2 Å². The number of ether oxygens (including phenoxy) is 2. The molecule has 0 unspecified atom stereocenters. The van der Waals surface area contributed by atoms with Crippen molar-refractivity contribution in [3.05, 3.63) is 58.3 Å². The van der Waals surface area contributed by atoms with Gasteiger partial charge in [0, 0.05) is 43.7 Å². The number of anilines is 1. The van der Waals surface area contributed by atoms with E-state index >= 15 is 0 Å². The van der Waals surface area contributed by atoms with Crippen molar-refractivity contribution in [1.29, 1.82) is 0 Å². The normalized spacial score (nSPS) is 16.8. The number of halogens is 2. The van der Waals surface area contributed by atoms with Gasteiger partial charge in [0.2, 0.25) is 0 Å². The van der Waals surface area contributed by atoms with E-state index in [2.05, 4.69) is 14.9 Å². The summed E-state index contributed by atoms with van der Waals surface area (Å²) < 4.78 is 11.0. The molecular weight excluding hydrogens is 465 g/mol.